The van der Waals surface area contributed by atoms with Crippen LogP contribution in [0.25, 0.3) is 0 Å². The third-order valence-electron chi connectivity index (χ3n) is 4.26. The summed E-state index contributed by atoms with van der Waals surface area (Å²) in [7, 11) is -3.12. The molecule has 1 saturated carbocycles. The lowest BCUT2D eigenvalue weighted by Crippen LogP contribution is -2.50. The summed E-state index contributed by atoms with van der Waals surface area (Å²) in [6, 6.07) is -0.858. The van der Waals surface area contributed by atoms with Gasteiger partial charge in [0.2, 0.25) is 5.91 Å². The maximum atomic E-state index is 11.8. The molecule has 1 unspecified atom stereocenters. The second-order valence-electron chi connectivity index (χ2n) is 7.13. The van der Waals surface area contributed by atoms with E-state index in [1.165, 1.54) is 0 Å². The van der Waals surface area contributed by atoms with E-state index < -0.39 is 27.4 Å². The first-order chi connectivity index (χ1) is 9.43. The molecule has 4 N–H and O–H groups in total. The summed E-state index contributed by atoms with van der Waals surface area (Å²) in [4.78, 5) is 11.8. The zero-order valence-electron chi connectivity index (χ0n) is 13.2. The summed E-state index contributed by atoms with van der Waals surface area (Å²) in [5.41, 5.74) is 5.03. The van der Waals surface area contributed by atoms with Gasteiger partial charge in [0.05, 0.1) is 17.4 Å². The first-order valence-corrected chi connectivity index (χ1v) is 9.42. The van der Waals surface area contributed by atoms with E-state index in [2.05, 4.69) is 19.2 Å². The minimum atomic E-state index is -3.12. The SMILES string of the molecule is CC1(C)CCC(O)(CNC(=O)C(N)CCS(C)(=O)=O)CC1. The number of sulfone groups is 1. The number of aliphatic hydroxyl groups is 1. The van der Waals surface area contributed by atoms with Crippen molar-refractivity contribution in [2.75, 3.05) is 18.6 Å². The lowest BCUT2D eigenvalue weighted by Gasteiger charge is -2.40. The normalized spacial score (nSPS) is 22.5. The van der Waals surface area contributed by atoms with Crippen molar-refractivity contribution in [1.82, 2.24) is 5.32 Å². The Hall–Kier alpha value is -0.660. The van der Waals surface area contributed by atoms with Crippen molar-refractivity contribution in [1.29, 1.82) is 0 Å². The topological polar surface area (TPSA) is 109 Å². The molecule has 7 heteroatoms. The average Bonchev–Trinajstić information content (AvgIpc) is 2.36. The van der Waals surface area contributed by atoms with E-state index in [1.54, 1.807) is 0 Å². The molecular formula is C14H28N2O4S. The molecular weight excluding hydrogens is 292 g/mol. The molecule has 1 atom stereocenters. The van der Waals surface area contributed by atoms with Gasteiger partial charge in [0.15, 0.2) is 0 Å². The molecule has 0 aliphatic heterocycles. The van der Waals surface area contributed by atoms with Gasteiger partial charge >= 0.3 is 0 Å². The fourth-order valence-corrected chi connectivity index (χ4v) is 3.11. The van der Waals surface area contributed by atoms with Gasteiger partial charge in [0, 0.05) is 12.8 Å². The predicted molar refractivity (Wildman–Crippen MR) is 82.5 cm³/mol. The number of carbonyl (C=O) groups is 1. The monoisotopic (exact) mass is 320 g/mol. The van der Waals surface area contributed by atoms with Gasteiger partial charge in [-0.3, -0.25) is 4.79 Å². The number of nitrogens with one attached hydrogen (secondary N) is 1. The molecule has 0 spiro atoms. The van der Waals surface area contributed by atoms with Crippen molar-refractivity contribution >= 4 is 15.7 Å². The van der Waals surface area contributed by atoms with Crippen molar-refractivity contribution in [2.24, 2.45) is 11.1 Å². The van der Waals surface area contributed by atoms with Crippen molar-refractivity contribution in [2.45, 2.75) is 57.6 Å². The average molecular weight is 320 g/mol. The zero-order chi connectivity index (χ0) is 16.3. The molecule has 0 aromatic carbocycles. The lowest BCUT2D eigenvalue weighted by atomic mass is 9.71. The number of rotatable bonds is 6. The summed E-state index contributed by atoms with van der Waals surface area (Å²) in [5.74, 6) is -0.517. The van der Waals surface area contributed by atoms with Gasteiger partial charge in [0.25, 0.3) is 0 Å². The van der Waals surface area contributed by atoms with Crippen LogP contribution in [0, 0.1) is 5.41 Å². The highest BCUT2D eigenvalue weighted by Gasteiger charge is 2.37. The van der Waals surface area contributed by atoms with Crippen molar-refractivity contribution in [3.63, 3.8) is 0 Å². The Morgan fingerprint density at radius 1 is 1.29 bits per heavy atom. The zero-order valence-corrected chi connectivity index (χ0v) is 14.0. The van der Waals surface area contributed by atoms with Crippen LogP contribution in [0.2, 0.25) is 0 Å². The number of nitrogens with two attached hydrogens (primary N) is 1. The largest absolute Gasteiger partial charge is 0.388 e. The van der Waals surface area contributed by atoms with Crippen molar-refractivity contribution in [3.05, 3.63) is 0 Å². The summed E-state index contributed by atoms with van der Waals surface area (Å²) < 4.78 is 22.1. The molecule has 1 aliphatic rings. The molecule has 6 nitrogen and oxygen atoms in total. The standard InChI is InChI=1S/C14H28N2O4S/c1-13(2)5-7-14(18,8-6-13)10-16-12(17)11(15)4-9-21(3,19)20/h11,18H,4-10,15H2,1-3H3,(H,16,17). The van der Waals surface area contributed by atoms with Crippen LogP contribution < -0.4 is 11.1 Å². The maximum Gasteiger partial charge on any atom is 0.237 e. The van der Waals surface area contributed by atoms with Gasteiger partial charge in [-0.25, -0.2) is 8.42 Å². The number of hydrogen-bond donors (Lipinski definition) is 3. The van der Waals surface area contributed by atoms with Gasteiger partial charge in [0.1, 0.15) is 9.84 Å². The molecule has 1 aliphatic carbocycles. The van der Waals surface area contributed by atoms with E-state index >= 15 is 0 Å². The van der Waals surface area contributed by atoms with Crippen LogP contribution in [0.1, 0.15) is 46.0 Å². The quantitative estimate of drug-likeness (QED) is 0.647. The molecule has 0 bridgehead atoms. The molecule has 1 amide bonds. The van der Waals surface area contributed by atoms with Crippen LogP contribution in [-0.2, 0) is 14.6 Å². The molecule has 0 aromatic heterocycles. The van der Waals surface area contributed by atoms with Gasteiger partial charge in [-0.2, -0.15) is 0 Å². The first-order valence-electron chi connectivity index (χ1n) is 7.36. The van der Waals surface area contributed by atoms with E-state index in [4.69, 9.17) is 5.73 Å². The summed E-state index contributed by atoms with van der Waals surface area (Å²) in [6.45, 7) is 4.52. The number of amides is 1. The van der Waals surface area contributed by atoms with E-state index in [-0.39, 0.29) is 24.1 Å². The Kier molecular flexibility index (Phi) is 5.80. The van der Waals surface area contributed by atoms with E-state index in [9.17, 15) is 18.3 Å². The van der Waals surface area contributed by atoms with E-state index in [0.29, 0.717) is 12.8 Å². The maximum absolute atomic E-state index is 11.8. The lowest BCUT2D eigenvalue weighted by molar-refractivity contribution is -0.124. The van der Waals surface area contributed by atoms with Gasteiger partial charge in [-0.15, -0.1) is 0 Å². The predicted octanol–water partition coefficient (Wildman–Crippen LogP) is 0.196. The molecule has 1 rings (SSSR count). The van der Waals surface area contributed by atoms with Crippen LogP contribution in [-0.4, -0.2) is 49.6 Å². The smallest absolute Gasteiger partial charge is 0.237 e. The fourth-order valence-electron chi connectivity index (χ4n) is 2.42. The van der Waals surface area contributed by atoms with Crippen LogP contribution in [0.15, 0.2) is 0 Å². The van der Waals surface area contributed by atoms with E-state index in [1.807, 2.05) is 0 Å². The van der Waals surface area contributed by atoms with Crippen molar-refractivity contribution in [3.8, 4) is 0 Å². The highest BCUT2D eigenvalue weighted by Crippen LogP contribution is 2.39. The second-order valence-corrected chi connectivity index (χ2v) is 9.39. The van der Waals surface area contributed by atoms with Crippen LogP contribution in [0.3, 0.4) is 0 Å². The molecule has 0 heterocycles. The van der Waals surface area contributed by atoms with Gasteiger partial charge in [-0.05, 0) is 37.5 Å². The molecule has 0 aromatic rings. The van der Waals surface area contributed by atoms with Crippen LogP contribution >= 0.6 is 0 Å². The third-order valence-corrected chi connectivity index (χ3v) is 5.24. The second kappa shape index (κ2) is 6.62. The summed E-state index contributed by atoms with van der Waals surface area (Å²) in [6.07, 6.45) is 4.34. The Morgan fingerprint density at radius 2 is 1.81 bits per heavy atom. The fraction of sp³-hybridized carbons (Fsp3) is 0.929. The molecule has 1 fully saturated rings. The first kappa shape index (κ1) is 18.4. The minimum Gasteiger partial charge on any atom is -0.388 e. The Labute approximate surface area is 127 Å². The van der Waals surface area contributed by atoms with Crippen LogP contribution in [0.4, 0.5) is 0 Å². The summed E-state index contributed by atoms with van der Waals surface area (Å²) >= 11 is 0. The number of hydrogen-bond acceptors (Lipinski definition) is 5. The number of carbonyl (C=O) groups excluding carboxylic acids is 1. The van der Waals surface area contributed by atoms with Crippen molar-refractivity contribution < 1.29 is 18.3 Å². The minimum absolute atomic E-state index is 0.0934. The molecule has 21 heavy (non-hydrogen) atoms. The van der Waals surface area contributed by atoms with Gasteiger partial charge < -0.3 is 16.2 Å². The third kappa shape index (κ3) is 6.76. The van der Waals surface area contributed by atoms with E-state index in [0.717, 1.165) is 19.1 Å². The molecule has 0 radical (unpaired) electrons. The Balaban J connectivity index is 2.39. The summed E-state index contributed by atoms with van der Waals surface area (Å²) in [5, 5.41) is 13.1. The van der Waals surface area contributed by atoms with Crippen LogP contribution in [0.5, 0.6) is 0 Å². The van der Waals surface area contributed by atoms with Gasteiger partial charge in [-0.1, -0.05) is 13.8 Å². The highest BCUT2D eigenvalue weighted by atomic mass is 32.2. The highest BCUT2D eigenvalue weighted by molar-refractivity contribution is 7.90. The Morgan fingerprint density at radius 3 is 2.29 bits per heavy atom. The molecule has 0 saturated heterocycles. The molecule has 124 valence electrons. The Bertz CT molecular complexity index is 463.